The Kier molecular flexibility index (Phi) is 6.64. The zero-order chi connectivity index (χ0) is 15.4. The van der Waals surface area contributed by atoms with Crippen LogP contribution in [0.4, 0.5) is 0 Å². The summed E-state index contributed by atoms with van der Waals surface area (Å²) in [6, 6.07) is 8.19. The third kappa shape index (κ3) is 4.57. The Hall–Kier alpha value is -1.35. The van der Waals surface area contributed by atoms with Gasteiger partial charge >= 0.3 is 0 Å². The lowest BCUT2D eigenvalue weighted by atomic mass is 10.0. The first-order chi connectivity index (χ1) is 10.8. The number of para-hydroxylation sites is 1. The standard InChI is InChI=1S/C16H20N4OS.HI/c1-2-11-9-18-15(22-11)10-19-16(17)20-13-7-8-21-14-6-4-3-5-12(13)14;/h3-6,9,13H,2,7-8,10H2,1H3,(H3,17,19,20);1H. The summed E-state index contributed by atoms with van der Waals surface area (Å²) in [5.74, 6) is 1.38. The maximum atomic E-state index is 6.02. The van der Waals surface area contributed by atoms with Crippen LogP contribution < -0.4 is 15.8 Å². The fourth-order valence-corrected chi connectivity index (χ4v) is 3.24. The van der Waals surface area contributed by atoms with Gasteiger partial charge in [-0.1, -0.05) is 25.1 Å². The SMILES string of the molecule is CCc1cnc(CN=C(N)NC2CCOc3ccccc32)s1.I. The lowest BCUT2D eigenvalue weighted by Gasteiger charge is -2.26. The molecule has 1 aromatic heterocycles. The maximum absolute atomic E-state index is 6.02. The van der Waals surface area contributed by atoms with Crippen LogP contribution in [0.3, 0.4) is 0 Å². The van der Waals surface area contributed by atoms with Crippen LogP contribution in [0.1, 0.15) is 34.8 Å². The Morgan fingerprint density at radius 1 is 1.48 bits per heavy atom. The van der Waals surface area contributed by atoms with Gasteiger partial charge in [-0.05, 0) is 12.5 Å². The van der Waals surface area contributed by atoms with Gasteiger partial charge in [-0.2, -0.15) is 0 Å². The van der Waals surface area contributed by atoms with Gasteiger partial charge in [0, 0.05) is 23.1 Å². The number of hydrogen-bond donors (Lipinski definition) is 2. The molecule has 1 aliphatic rings. The Balaban J connectivity index is 0.00000192. The van der Waals surface area contributed by atoms with Gasteiger partial charge in [0.25, 0.3) is 0 Å². The minimum Gasteiger partial charge on any atom is -0.493 e. The Labute approximate surface area is 157 Å². The third-order valence-corrected chi connectivity index (χ3v) is 4.74. The monoisotopic (exact) mass is 444 g/mol. The van der Waals surface area contributed by atoms with Crippen molar-refractivity contribution < 1.29 is 4.74 Å². The third-order valence-electron chi connectivity index (χ3n) is 3.62. The second-order valence-electron chi connectivity index (χ2n) is 5.15. The smallest absolute Gasteiger partial charge is 0.189 e. The van der Waals surface area contributed by atoms with E-state index < -0.39 is 0 Å². The molecule has 23 heavy (non-hydrogen) atoms. The molecular formula is C16H21IN4OS. The Bertz CT molecular complexity index is 674. The molecule has 1 unspecified atom stereocenters. The molecule has 0 amide bonds. The number of benzene rings is 1. The number of nitrogens with one attached hydrogen (secondary N) is 1. The molecule has 0 radical (unpaired) electrons. The maximum Gasteiger partial charge on any atom is 0.189 e. The van der Waals surface area contributed by atoms with E-state index in [4.69, 9.17) is 10.5 Å². The van der Waals surface area contributed by atoms with Crippen LogP contribution in [-0.4, -0.2) is 17.6 Å². The summed E-state index contributed by atoms with van der Waals surface area (Å²) < 4.78 is 5.65. The van der Waals surface area contributed by atoms with E-state index in [1.165, 1.54) is 4.88 Å². The lowest BCUT2D eigenvalue weighted by molar-refractivity contribution is 0.262. The summed E-state index contributed by atoms with van der Waals surface area (Å²) in [6.45, 7) is 3.34. The average Bonchev–Trinajstić information content (AvgIpc) is 3.01. The van der Waals surface area contributed by atoms with E-state index in [0.717, 1.165) is 29.2 Å². The van der Waals surface area contributed by atoms with Crippen LogP contribution >= 0.6 is 35.3 Å². The number of hydrogen-bond acceptors (Lipinski definition) is 4. The zero-order valence-corrected chi connectivity index (χ0v) is 16.1. The van der Waals surface area contributed by atoms with E-state index in [9.17, 15) is 0 Å². The molecule has 2 heterocycles. The number of nitrogens with two attached hydrogens (primary N) is 1. The van der Waals surface area contributed by atoms with Crippen molar-refractivity contribution in [1.29, 1.82) is 0 Å². The number of ether oxygens (including phenoxy) is 1. The van der Waals surface area contributed by atoms with Crippen LogP contribution in [0.2, 0.25) is 0 Å². The number of aryl methyl sites for hydroxylation is 1. The van der Waals surface area contributed by atoms with Crippen molar-refractivity contribution in [3.8, 4) is 5.75 Å². The molecule has 0 fully saturated rings. The number of nitrogens with zero attached hydrogens (tertiary/aromatic N) is 2. The van der Waals surface area contributed by atoms with Crippen molar-refractivity contribution >= 4 is 41.3 Å². The number of halogens is 1. The molecule has 0 aliphatic carbocycles. The van der Waals surface area contributed by atoms with Gasteiger partial charge in [0.15, 0.2) is 5.96 Å². The zero-order valence-electron chi connectivity index (χ0n) is 13.0. The summed E-state index contributed by atoms with van der Waals surface area (Å²) in [5.41, 5.74) is 7.16. The lowest BCUT2D eigenvalue weighted by Crippen LogP contribution is -2.37. The van der Waals surface area contributed by atoms with Gasteiger partial charge < -0.3 is 15.8 Å². The van der Waals surface area contributed by atoms with Crippen molar-refractivity contribution in [1.82, 2.24) is 10.3 Å². The first-order valence-corrected chi connectivity index (χ1v) is 8.29. The molecule has 0 saturated heterocycles. The minimum absolute atomic E-state index is 0. The van der Waals surface area contributed by atoms with Gasteiger partial charge in [-0.3, -0.25) is 0 Å². The van der Waals surface area contributed by atoms with Crippen LogP contribution in [0.5, 0.6) is 5.75 Å². The number of thiazole rings is 1. The molecule has 124 valence electrons. The van der Waals surface area contributed by atoms with Crippen molar-refractivity contribution in [2.24, 2.45) is 10.7 Å². The Morgan fingerprint density at radius 2 is 2.30 bits per heavy atom. The number of aromatic nitrogens is 1. The number of aliphatic imine (C=N–C) groups is 1. The Morgan fingerprint density at radius 3 is 3.09 bits per heavy atom. The van der Waals surface area contributed by atoms with Crippen molar-refractivity contribution in [2.75, 3.05) is 6.61 Å². The summed E-state index contributed by atoms with van der Waals surface area (Å²) in [7, 11) is 0. The first kappa shape index (κ1) is 18.0. The number of rotatable bonds is 4. The average molecular weight is 444 g/mol. The highest BCUT2D eigenvalue weighted by atomic mass is 127. The molecule has 1 atom stereocenters. The summed E-state index contributed by atoms with van der Waals surface area (Å²) >= 11 is 1.69. The van der Waals surface area contributed by atoms with E-state index >= 15 is 0 Å². The second kappa shape index (κ2) is 8.49. The second-order valence-corrected chi connectivity index (χ2v) is 6.35. The van der Waals surface area contributed by atoms with E-state index in [1.807, 2.05) is 24.4 Å². The molecule has 1 aromatic carbocycles. The number of fused-ring (bicyclic) bond motifs is 1. The normalized spacial score (nSPS) is 16.9. The topological polar surface area (TPSA) is 72.5 Å². The van der Waals surface area contributed by atoms with Crippen molar-refractivity contribution in [2.45, 2.75) is 32.4 Å². The van der Waals surface area contributed by atoms with Crippen LogP contribution in [-0.2, 0) is 13.0 Å². The molecular weight excluding hydrogens is 423 g/mol. The molecule has 0 spiro atoms. The summed E-state index contributed by atoms with van der Waals surface area (Å²) in [5, 5.41) is 4.29. The molecule has 1 aliphatic heterocycles. The highest BCUT2D eigenvalue weighted by molar-refractivity contribution is 14.0. The fraction of sp³-hybridized carbons (Fsp3) is 0.375. The van der Waals surface area contributed by atoms with E-state index in [1.54, 1.807) is 11.3 Å². The quantitative estimate of drug-likeness (QED) is 0.432. The van der Waals surface area contributed by atoms with Crippen LogP contribution in [0, 0.1) is 0 Å². The highest BCUT2D eigenvalue weighted by Crippen LogP contribution is 2.31. The minimum atomic E-state index is 0. The van der Waals surface area contributed by atoms with E-state index in [-0.39, 0.29) is 30.0 Å². The first-order valence-electron chi connectivity index (χ1n) is 7.48. The molecule has 2 aromatic rings. The molecule has 5 nitrogen and oxygen atoms in total. The number of guanidine groups is 1. The van der Waals surface area contributed by atoms with Gasteiger partial charge in [0.2, 0.25) is 0 Å². The van der Waals surface area contributed by atoms with Crippen molar-refractivity contribution in [3.05, 3.63) is 45.9 Å². The largest absolute Gasteiger partial charge is 0.493 e. The van der Waals surface area contributed by atoms with Gasteiger partial charge in [-0.15, -0.1) is 35.3 Å². The molecule has 7 heteroatoms. The van der Waals surface area contributed by atoms with Crippen LogP contribution in [0.15, 0.2) is 35.5 Å². The highest BCUT2D eigenvalue weighted by Gasteiger charge is 2.21. The van der Waals surface area contributed by atoms with Gasteiger partial charge in [0.1, 0.15) is 10.8 Å². The molecule has 3 rings (SSSR count). The molecule has 3 N–H and O–H groups in total. The summed E-state index contributed by atoms with van der Waals surface area (Å²) in [4.78, 5) is 10.0. The van der Waals surface area contributed by atoms with E-state index in [0.29, 0.717) is 19.1 Å². The van der Waals surface area contributed by atoms with Gasteiger partial charge in [0.05, 0.1) is 19.2 Å². The van der Waals surface area contributed by atoms with Crippen molar-refractivity contribution in [3.63, 3.8) is 0 Å². The summed E-state index contributed by atoms with van der Waals surface area (Å²) in [6.07, 6.45) is 3.80. The predicted molar refractivity (Wildman–Crippen MR) is 105 cm³/mol. The van der Waals surface area contributed by atoms with Gasteiger partial charge in [-0.25, -0.2) is 9.98 Å². The predicted octanol–water partition coefficient (Wildman–Crippen LogP) is 3.25. The fourth-order valence-electron chi connectivity index (χ4n) is 2.45. The molecule has 0 saturated carbocycles. The molecule has 0 bridgehead atoms. The van der Waals surface area contributed by atoms with E-state index in [2.05, 4.69) is 28.3 Å². The van der Waals surface area contributed by atoms with Crippen LogP contribution in [0.25, 0.3) is 0 Å².